The minimum Gasteiger partial charge on any atom is -0.435 e. The van der Waals surface area contributed by atoms with Gasteiger partial charge in [0.15, 0.2) is 0 Å². The number of nitrogens with two attached hydrogens (primary N) is 1. The molecule has 1 aromatic rings. The summed E-state index contributed by atoms with van der Waals surface area (Å²) >= 11 is 0. The highest BCUT2D eigenvalue weighted by Crippen LogP contribution is 2.29. The first-order chi connectivity index (χ1) is 9.69. The van der Waals surface area contributed by atoms with Crippen LogP contribution < -0.4 is 15.8 Å². The van der Waals surface area contributed by atoms with Crippen LogP contribution in [0, 0.1) is 5.92 Å². The van der Waals surface area contributed by atoms with Crippen molar-refractivity contribution in [2.75, 3.05) is 13.1 Å². The van der Waals surface area contributed by atoms with Gasteiger partial charge in [-0.25, -0.2) is 0 Å². The van der Waals surface area contributed by atoms with Crippen LogP contribution in [-0.4, -0.2) is 19.7 Å². The molecule has 5 heteroatoms. The van der Waals surface area contributed by atoms with Gasteiger partial charge >= 0.3 is 6.61 Å². The van der Waals surface area contributed by atoms with E-state index < -0.39 is 6.61 Å². The number of rotatable bonds is 8. The SMILES string of the molecule is NCC(NCCC1CCC1)c1ccc(OC(F)F)cc1. The van der Waals surface area contributed by atoms with Crippen LogP contribution in [0.4, 0.5) is 8.78 Å². The van der Waals surface area contributed by atoms with Crippen molar-refractivity contribution in [3.8, 4) is 5.75 Å². The van der Waals surface area contributed by atoms with E-state index >= 15 is 0 Å². The first-order valence-electron chi connectivity index (χ1n) is 7.17. The Morgan fingerprint density at radius 2 is 1.95 bits per heavy atom. The highest BCUT2D eigenvalue weighted by molar-refractivity contribution is 5.29. The molecule has 0 amide bonds. The molecule has 0 aromatic heterocycles. The monoisotopic (exact) mass is 284 g/mol. The number of nitrogens with one attached hydrogen (secondary N) is 1. The molecule has 0 saturated heterocycles. The molecule has 1 saturated carbocycles. The summed E-state index contributed by atoms with van der Waals surface area (Å²) in [6.45, 7) is -1.35. The summed E-state index contributed by atoms with van der Waals surface area (Å²) in [5.74, 6) is 1.04. The van der Waals surface area contributed by atoms with Crippen LogP contribution >= 0.6 is 0 Å². The topological polar surface area (TPSA) is 47.3 Å². The average molecular weight is 284 g/mol. The second kappa shape index (κ2) is 7.55. The maximum absolute atomic E-state index is 12.1. The second-order valence-corrected chi connectivity index (χ2v) is 5.28. The van der Waals surface area contributed by atoms with Gasteiger partial charge in [-0.1, -0.05) is 31.4 Å². The van der Waals surface area contributed by atoms with Crippen LogP contribution in [0.3, 0.4) is 0 Å². The van der Waals surface area contributed by atoms with Crippen molar-refractivity contribution >= 4 is 0 Å². The number of halogens is 2. The van der Waals surface area contributed by atoms with Gasteiger partial charge in [0.25, 0.3) is 0 Å². The summed E-state index contributed by atoms with van der Waals surface area (Å²) < 4.78 is 28.5. The van der Waals surface area contributed by atoms with Crippen LogP contribution in [0.5, 0.6) is 5.75 Å². The number of benzene rings is 1. The van der Waals surface area contributed by atoms with Crippen molar-refractivity contribution in [2.45, 2.75) is 38.3 Å². The fourth-order valence-electron chi connectivity index (χ4n) is 2.46. The molecule has 1 aliphatic carbocycles. The molecule has 0 spiro atoms. The Bertz CT molecular complexity index is 393. The Labute approximate surface area is 118 Å². The van der Waals surface area contributed by atoms with Crippen molar-refractivity contribution in [2.24, 2.45) is 11.7 Å². The predicted molar refractivity (Wildman–Crippen MR) is 74.8 cm³/mol. The minimum atomic E-state index is -2.79. The standard InChI is InChI=1S/C15H22F2N2O/c16-15(17)20-13-6-4-12(5-7-13)14(10-18)19-9-8-11-2-1-3-11/h4-7,11,14-15,19H,1-3,8-10,18H2. The molecule has 1 atom stereocenters. The molecule has 0 radical (unpaired) electrons. The molecular formula is C15H22F2N2O. The fourth-order valence-corrected chi connectivity index (χ4v) is 2.46. The van der Waals surface area contributed by atoms with Gasteiger partial charge in [0, 0.05) is 12.6 Å². The van der Waals surface area contributed by atoms with Gasteiger partial charge in [0.05, 0.1) is 0 Å². The molecule has 1 aromatic carbocycles. The van der Waals surface area contributed by atoms with E-state index in [9.17, 15) is 8.78 Å². The van der Waals surface area contributed by atoms with Gasteiger partial charge in [0.2, 0.25) is 0 Å². The van der Waals surface area contributed by atoms with Gasteiger partial charge in [0.1, 0.15) is 5.75 Å². The Balaban J connectivity index is 1.82. The molecule has 2 rings (SSSR count). The van der Waals surface area contributed by atoms with E-state index in [-0.39, 0.29) is 11.8 Å². The minimum absolute atomic E-state index is 0.0654. The number of alkyl halides is 2. The molecule has 0 heterocycles. The van der Waals surface area contributed by atoms with Crippen molar-refractivity contribution in [3.05, 3.63) is 29.8 Å². The quantitative estimate of drug-likeness (QED) is 0.771. The fraction of sp³-hybridized carbons (Fsp3) is 0.600. The van der Waals surface area contributed by atoms with E-state index in [1.54, 1.807) is 24.3 Å². The summed E-state index contributed by atoms with van der Waals surface area (Å²) in [6.07, 6.45) is 5.23. The molecule has 112 valence electrons. The van der Waals surface area contributed by atoms with E-state index in [2.05, 4.69) is 10.1 Å². The number of hydrogen-bond donors (Lipinski definition) is 2. The molecule has 3 N–H and O–H groups in total. The third-order valence-electron chi connectivity index (χ3n) is 3.91. The lowest BCUT2D eigenvalue weighted by Crippen LogP contribution is -2.30. The molecular weight excluding hydrogens is 262 g/mol. The number of hydrogen-bond acceptors (Lipinski definition) is 3. The zero-order valence-corrected chi connectivity index (χ0v) is 11.5. The molecule has 1 aliphatic rings. The highest BCUT2D eigenvalue weighted by Gasteiger charge is 2.17. The smallest absolute Gasteiger partial charge is 0.387 e. The lowest BCUT2D eigenvalue weighted by atomic mass is 9.83. The van der Waals surface area contributed by atoms with Crippen LogP contribution in [0.2, 0.25) is 0 Å². The molecule has 1 unspecified atom stereocenters. The molecule has 1 fully saturated rings. The Morgan fingerprint density at radius 1 is 1.25 bits per heavy atom. The van der Waals surface area contributed by atoms with Crippen molar-refractivity contribution in [1.82, 2.24) is 5.32 Å². The van der Waals surface area contributed by atoms with Gasteiger partial charge in [-0.2, -0.15) is 8.78 Å². The Morgan fingerprint density at radius 3 is 2.45 bits per heavy atom. The summed E-state index contributed by atoms with van der Waals surface area (Å²) in [5.41, 5.74) is 6.78. The normalized spacial score (nSPS) is 17.0. The van der Waals surface area contributed by atoms with Crippen LogP contribution in [-0.2, 0) is 0 Å². The lowest BCUT2D eigenvalue weighted by Gasteiger charge is -2.26. The third-order valence-corrected chi connectivity index (χ3v) is 3.91. The predicted octanol–water partition coefficient (Wildman–Crippen LogP) is 3.07. The number of ether oxygens (including phenoxy) is 1. The zero-order chi connectivity index (χ0) is 14.4. The maximum atomic E-state index is 12.1. The summed E-state index contributed by atoms with van der Waals surface area (Å²) in [7, 11) is 0. The van der Waals surface area contributed by atoms with Crippen molar-refractivity contribution < 1.29 is 13.5 Å². The molecule has 20 heavy (non-hydrogen) atoms. The summed E-state index contributed by atoms with van der Waals surface area (Å²) in [6, 6.07) is 6.74. The largest absolute Gasteiger partial charge is 0.435 e. The first-order valence-corrected chi connectivity index (χ1v) is 7.17. The van der Waals surface area contributed by atoms with Crippen LogP contribution in [0.15, 0.2) is 24.3 Å². The van der Waals surface area contributed by atoms with E-state index in [4.69, 9.17) is 5.73 Å². The van der Waals surface area contributed by atoms with E-state index in [1.807, 2.05) is 0 Å². The first kappa shape index (κ1) is 15.2. The van der Waals surface area contributed by atoms with Gasteiger partial charge in [-0.05, 0) is 36.6 Å². The zero-order valence-electron chi connectivity index (χ0n) is 11.5. The Hall–Kier alpha value is -1.20. The Kier molecular flexibility index (Phi) is 5.73. The lowest BCUT2D eigenvalue weighted by molar-refractivity contribution is -0.0498. The van der Waals surface area contributed by atoms with Crippen molar-refractivity contribution in [3.63, 3.8) is 0 Å². The third kappa shape index (κ3) is 4.42. The van der Waals surface area contributed by atoms with Crippen LogP contribution in [0.25, 0.3) is 0 Å². The average Bonchev–Trinajstić information content (AvgIpc) is 2.37. The molecule has 0 bridgehead atoms. The summed E-state index contributed by atoms with van der Waals surface area (Å²) in [5, 5.41) is 3.43. The van der Waals surface area contributed by atoms with E-state index in [0.29, 0.717) is 6.54 Å². The summed E-state index contributed by atoms with van der Waals surface area (Å²) in [4.78, 5) is 0. The highest BCUT2D eigenvalue weighted by atomic mass is 19.3. The molecule has 0 aliphatic heterocycles. The maximum Gasteiger partial charge on any atom is 0.387 e. The van der Waals surface area contributed by atoms with Gasteiger partial charge in [-0.15, -0.1) is 0 Å². The molecule has 3 nitrogen and oxygen atoms in total. The van der Waals surface area contributed by atoms with Crippen molar-refractivity contribution in [1.29, 1.82) is 0 Å². The van der Waals surface area contributed by atoms with E-state index in [0.717, 1.165) is 18.0 Å². The van der Waals surface area contributed by atoms with Crippen LogP contribution in [0.1, 0.15) is 37.3 Å². The van der Waals surface area contributed by atoms with Gasteiger partial charge < -0.3 is 15.8 Å². The van der Waals surface area contributed by atoms with E-state index in [1.165, 1.54) is 25.7 Å². The van der Waals surface area contributed by atoms with Gasteiger partial charge in [-0.3, -0.25) is 0 Å². The second-order valence-electron chi connectivity index (χ2n) is 5.28.